The van der Waals surface area contributed by atoms with Crippen molar-refractivity contribution in [2.24, 2.45) is 13.0 Å². The second-order valence-electron chi connectivity index (χ2n) is 7.17. The summed E-state index contributed by atoms with van der Waals surface area (Å²) < 4.78 is 28.0. The number of alkyl halides is 1. The minimum absolute atomic E-state index is 0.195. The maximum atomic E-state index is 13.2. The van der Waals surface area contributed by atoms with Gasteiger partial charge in [-0.25, -0.2) is 9.37 Å². The van der Waals surface area contributed by atoms with Gasteiger partial charge in [0.05, 0.1) is 35.7 Å². The SMILES string of the molecule is CN(c1ccccc1Nc1cc(NC(=O)[C@@H]2C[C@@H]2F)nc2[nH]n(C)c(=O)c12)[S+](C)[O-]. The molecule has 1 saturated carbocycles. The third kappa shape index (κ3) is 3.73. The topological polar surface area (TPSA) is 118 Å². The Morgan fingerprint density at radius 1 is 1.40 bits per heavy atom. The number of amides is 1. The Kier molecular flexibility index (Phi) is 5.16. The molecule has 1 aliphatic carbocycles. The van der Waals surface area contributed by atoms with Gasteiger partial charge in [0.25, 0.3) is 5.56 Å². The summed E-state index contributed by atoms with van der Waals surface area (Å²) in [5, 5.41) is 8.96. The van der Waals surface area contributed by atoms with Crippen LogP contribution in [0.3, 0.4) is 0 Å². The zero-order chi connectivity index (χ0) is 21.6. The molecule has 0 spiro atoms. The van der Waals surface area contributed by atoms with Gasteiger partial charge in [-0.1, -0.05) is 12.1 Å². The van der Waals surface area contributed by atoms with Crippen LogP contribution in [-0.4, -0.2) is 44.7 Å². The molecule has 1 fully saturated rings. The van der Waals surface area contributed by atoms with E-state index in [-0.39, 0.29) is 23.4 Å². The minimum atomic E-state index is -1.25. The second-order valence-corrected chi connectivity index (χ2v) is 8.56. The van der Waals surface area contributed by atoms with E-state index in [4.69, 9.17) is 0 Å². The van der Waals surface area contributed by atoms with Gasteiger partial charge in [0.1, 0.15) is 29.3 Å². The van der Waals surface area contributed by atoms with E-state index in [1.165, 1.54) is 10.7 Å². The number of nitrogens with one attached hydrogen (secondary N) is 3. The first-order valence-corrected chi connectivity index (χ1v) is 10.8. The van der Waals surface area contributed by atoms with E-state index in [0.717, 1.165) is 0 Å². The summed E-state index contributed by atoms with van der Waals surface area (Å²) >= 11 is -1.25. The number of anilines is 4. The van der Waals surface area contributed by atoms with Crippen molar-refractivity contribution in [1.82, 2.24) is 14.8 Å². The lowest BCUT2D eigenvalue weighted by molar-refractivity contribution is -0.117. The standard InChI is InChI=1S/C19H21FN6O3S/c1-25-19(28)16-13(21-12-6-4-5-7-14(12)26(2)30(3)29)9-15(22-17(16)24-25)23-18(27)10-8-11(10)20/h4-7,9-11H,8H2,1-3H3,(H3,21,22,23,24,27)/t10-,11+,30?/m1/s1. The number of carbonyl (C=O) groups is 1. The molecule has 11 heteroatoms. The van der Waals surface area contributed by atoms with Gasteiger partial charge in [-0.2, -0.15) is 4.31 Å². The Morgan fingerprint density at radius 2 is 2.10 bits per heavy atom. The molecule has 3 aromatic rings. The maximum absolute atomic E-state index is 13.2. The Hall–Kier alpha value is -3.05. The number of hydrogen-bond acceptors (Lipinski definition) is 6. The third-order valence-electron chi connectivity index (χ3n) is 5.01. The first-order valence-electron chi connectivity index (χ1n) is 9.24. The lowest BCUT2D eigenvalue weighted by Crippen LogP contribution is -2.25. The van der Waals surface area contributed by atoms with Crippen LogP contribution in [-0.2, 0) is 23.2 Å². The van der Waals surface area contributed by atoms with Gasteiger partial charge in [0.15, 0.2) is 5.65 Å². The van der Waals surface area contributed by atoms with Crippen molar-refractivity contribution < 1.29 is 13.7 Å². The quantitative estimate of drug-likeness (QED) is 0.513. The van der Waals surface area contributed by atoms with Crippen LogP contribution in [0.4, 0.5) is 27.3 Å². The van der Waals surface area contributed by atoms with Crippen LogP contribution in [0, 0.1) is 5.92 Å². The molecule has 0 bridgehead atoms. The molecule has 2 aromatic heterocycles. The summed E-state index contributed by atoms with van der Waals surface area (Å²) in [4.78, 5) is 29.1. The molecule has 9 nitrogen and oxygen atoms in total. The highest BCUT2D eigenvalue weighted by atomic mass is 32.2. The Morgan fingerprint density at radius 3 is 2.77 bits per heavy atom. The second kappa shape index (κ2) is 7.65. The Labute approximate surface area is 174 Å². The van der Waals surface area contributed by atoms with Crippen molar-refractivity contribution in [3.8, 4) is 0 Å². The van der Waals surface area contributed by atoms with Crippen LogP contribution in [0.1, 0.15) is 6.42 Å². The number of halogens is 1. The number of aromatic amines is 1. The van der Waals surface area contributed by atoms with E-state index >= 15 is 0 Å². The average Bonchev–Trinajstić information content (AvgIpc) is 3.36. The normalized spacial score (nSPS) is 18.8. The van der Waals surface area contributed by atoms with Gasteiger partial charge < -0.3 is 15.2 Å². The molecule has 158 valence electrons. The molecule has 1 amide bonds. The lowest BCUT2D eigenvalue weighted by atomic mass is 10.2. The minimum Gasteiger partial charge on any atom is -0.593 e. The largest absolute Gasteiger partial charge is 0.593 e. The van der Waals surface area contributed by atoms with Crippen LogP contribution in [0.25, 0.3) is 11.0 Å². The van der Waals surface area contributed by atoms with Crippen molar-refractivity contribution in [3.05, 3.63) is 40.7 Å². The molecular weight excluding hydrogens is 411 g/mol. The molecule has 0 aliphatic heterocycles. The highest BCUT2D eigenvalue weighted by Crippen LogP contribution is 2.36. The van der Waals surface area contributed by atoms with E-state index in [1.54, 1.807) is 36.8 Å². The molecule has 4 rings (SSSR count). The number of nitrogens with zero attached hydrogens (tertiary/aromatic N) is 3. The summed E-state index contributed by atoms with van der Waals surface area (Å²) in [6.07, 6.45) is 0.641. The number of pyridine rings is 1. The molecule has 0 radical (unpaired) electrons. The summed E-state index contributed by atoms with van der Waals surface area (Å²) in [7, 11) is 3.26. The molecule has 3 atom stereocenters. The number of H-pyrrole nitrogens is 1. The van der Waals surface area contributed by atoms with Crippen molar-refractivity contribution in [1.29, 1.82) is 0 Å². The number of benzene rings is 1. The number of carbonyl (C=O) groups excluding carboxylic acids is 1. The number of rotatable bonds is 6. The highest BCUT2D eigenvalue weighted by Gasteiger charge is 2.43. The molecule has 2 heterocycles. The van der Waals surface area contributed by atoms with Crippen molar-refractivity contribution in [2.75, 3.05) is 28.2 Å². The van der Waals surface area contributed by atoms with Crippen LogP contribution >= 0.6 is 0 Å². The Balaban J connectivity index is 1.76. The summed E-state index contributed by atoms with van der Waals surface area (Å²) in [6, 6.07) is 8.75. The van der Waals surface area contributed by atoms with Gasteiger partial charge in [-0.15, -0.1) is 0 Å². The van der Waals surface area contributed by atoms with Gasteiger partial charge in [-0.3, -0.25) is 19.4 Å². The fourth-order valence-corrected chi connectivity index (χ4v) is 3.61. The zero-order valence-corrected chi connectivity index (χ0v) is 17.4. The fraction of sp³-hybridized carbons (Fsp3) is 0.316. The smallest absolute Gasteiger partial charge is 0.277 e. The summed E-state index contributed by atoms with van der Waals surface area (Å²) in [6.45, 7) is 0. The monoisotopic (exact) mass is 432 g/mol. The number of aromatic nitrogens is 3. The number of hydrogen-bond donors (Lipinski definition) is 3. The van der Waals surface area contributed by atoms with Crippen LogP contribution in [0.2, 0.25) is 0 Å². The van der Waals surface area contributed by atoms with E-state index in [9.17, 15) is 18.5 Å². The molecule has 3 N–H and O–H groups in total. The fourth-order valence-electron chi connectivity index (χ4n) is 3.17. The van der Waals surface area contributed by atoms with Crippen LogP contribution in [0.5, 0.6) is 0 Å². The lowest BCUT2D eigenvalue weighted by Gasteiger charge is -2.22. The summed E-state index contributed by atoms with van der Waals surface area (Å²) in [5.41, 5.74) is 1.68. The van der Waals surface area contributed by atoms with E-state index in [0.29, 0.717) is 22.4 Å². The number of para-hydroxylation sites is 2. The van der Waals surface area contributed by atoms with Crippen LogP contribution < -0.4 is 20.5 Å². The van der Waals surface area contributed by atoms with Crippen LogP contribution in [0.15, 0.2) is 35.1 Å². The van der Waals surface area contributed by atoms with Gasteiger partial charge in [-0.05, 0) is 18.6 Å². The molecule has 30 heavy (non-hydrogen) atoms. The van der Waals surface area contributed by atoms with E-state index in [2.05, 4.69) is 20.7 Å². The van der Waals surface area contributed by atoms with E-state index < -0.39 is 29.4 Å². The Bertz CT molecular complexity index is 1180. The van der Waals surface area contributed by atoms with Crippen molar-refractivity contribution in [3.63, 3.8) is 0 Å². The summed E-state index contributed by atoms with van der Waals surface area (Å²) in [5.74, 6) is -0.913. The van der Waals surface area contributed by atoms with Gasteiger partial charge in [0, 0.05) is 13.1 Å². The van der Waals surface area contributed by atoms with Crippen molar-refractivity contribution >= 4 is 51.2 Å². The third-order valence-corrected chi connectivity index (χ3v) is 5.98. The number of aryl methyl sites for hydroxylation is 1. The first-order chi connectivity index (χ1) is 14.3. The highest BCUT2D eigenvalue weighted by molar-refractivity contribution is 7.92. The van der Waals surface area contributed by atoms with Gasteiger partial charge in [0.2, 0.25) is 5.91 Å². The zero-order valence-electron chi connectivity index (χ0n) is 16.6. The van der Waals surface area contributed by atoms with Crippen molar-refractivity contribution in [2.45, 2.75) is 12.6 Å². The molecule has 1 unspecified atom stereocenters. The predicted molar refractivity (Wildman–Crippen MR) is 115 cm³/mol. The van der Waals surface area contributed by atoms with E-state index in [1.807, 2.05) is 12.1 Å². The molecule has 0 saturated heterocycles. The maximum Gasteiger partial charge on any atom is 0.277 e. The first kappa shape index (κ1) is 20.2. The average molecular weight is 432 g/mol. The predicted octanol–water partition coefficient (Wildman–Crippen LogP) is 2.03. The number of fused-ring (bicyclic) bond motifs is 1. The molecular formula is C19H21FN6O3S. The molecule has 1 aromatic carbocycles. The van der Waals surface area contributed by atoms with Gasteiger partial charge >= 0.3 is 0 Å². The molecule has 1 aliphatic rings.